The number of aromatic carboxylic acids is 1. The maximum absolute atomic E-state index is 10.9. The first-order valence-corrected chi connectivity index (χ1v) is 5.57. The monoisotopic (exact) mass is 220 g/mol. The number of H-pyrrole nitrogens is 1. The fourth-order valence-electron chi connectivity index (χ4n) is 1.99. The summed E-state index contributed by atoms with van der Waals surface area (Å²) in [6.07, 6.45) is 1.67. The molecule has 4 nitrogen and oxygen atoms in total. The molecule has 0 amide bonds. The first kappa shape index (κ1) is 8.67. The molecule has 15 heavy (non-hydrogen) atoms. The van der Waals surface area contributed by atoms with Crippen molar-refractivity contribution in [2.75, 3.05) is 0 Å². The zero-order chi connectivity index (χ0) is 10.4. The zero-order valence-corrected chi connectivity index (χ0v) is 8.60. The highest BCUT2D eigenvalue weighted by Crippen LogP contribution is 2.35. The Morgan fingerprint density at radius 1 is 1.47 bits per heavy atom. The molecule has 0 radical (unpaired) electrons. The van der Waals surface area contributed by atoms with Crippen LogP contribution in [0.25, 0.3) is 11.3 Å². The van der Waals surface area contributed by atoms with Gasteiger partial charge >= 0.3 is 5.97 Å². The number of hydrogen-bond acceptors (Lipinski definition) is 3. The van der Waals surface area contributed by atoms with Crippen molar-refractivity contribution in [3.63, 3.8) is 0 Å². The standard InChI is InChI=1S/C10H8N2O2S/c13-10(14)9-6-2-1-5-3-15-4-7(5)8(6)11-12-9/h3-4H,1-2H2,(H,11,12)(H,13,14). The predicted molar refractivity (Wildman–Crippen MR) is 56.3 cm³/mol. The number of aryl methyl sites for hydroxylation is 1. The van der Waals surface area contributed by atoms with Crippen LogP contribution in [0, 0.1) is 0 Å². The molecule has 2 aromatic heterocycles. The summed E-state index contributed by atoms with van der Waals surface area (Å²) in [5.74, 6) is -0.928. The van der Waals surface area contributed by atoms with Gasteiger partial charge in [0.15, 0.2) is 0 Å². The molecule has 0 unspecified atom stereocenters. The Hall–Kier alpha value is -1.62. The lowest BCUT2D eigenvalue weighted by Gasteiger charge is -2.10. The molecule has 76 valence electrons. The Balaban J connectivity index is 2.23. The minimum Gasteiger partial charge on any atom is -0.477 e. The maximum Gasteiger partial charge on any atom is 0.354 e. The van der Waals surface area contributed by atoms with E-state index >= 15 is 0 Å². The Kier molecular flexibility index (Phi) is 1.70. The van der Waals surface area contributed by atoms with Gasteiger partial charge in [-0.1, -0.05) is 0 Å². The molecule has 0 aliphatic heterocycles. The molecule has 3 rings (SSSR count). The van der Waals surface area contributed by atoms with Gasteiger partial charge in [0.1, 0.15) is 5.69 Å². The van der Waals surface area contributed by atoms with Gasteiger partial charge in [-0.15, -0.1) is 0 Å². The second-order valence-corrected chi connectivity index (χ2v) is 4.29. The van der Waals surface area contributed by atoms with Crippen molar-refractivity contribution in [1.82, 2.24) is 10.2 Å². The van der Waals surface area contributed by atoms with Crippen LogP contribution < -0.4 is 0 Å². The summed E-state index contributed by atoms with van der Waals surface area (Å²) < 4.78 is 0. The molecule has 0 spiro atoms. The van der Waals surface area contributed by atoms with Crippen molar-refractivity contribution in [2.45, 2.75) is 12.8 Å². The van der Waals surface area contributed by atoms with Crippen LogP contribution in [-0.4, -0.2) is 21.3 Å². The van der Waals surface area contributed by atoms with Gasteiger partial charge in [0.25, 0.3) is 0 Å². The Morgan fingerprint density at radius 2 is 2.33 bits per heavy atom. The number of hydrogen-bond donors (Lipinski definition) is 2. The van der Waals surface area contributed by atoms with E-state index in [1.807, 2.05) is 5.38 Å². The number of aromatic amines is 1. The molecule has 5 heteroatoms. The fraction of sp³-hybridized carbons (Fsp3) is 0.200. The van der Waals surface area contributed by atoms with E-state index in [0.717, 1.165) is 29.7 Å². The molecule has 0 saturated carbocycles. The van der Waals surface area contributed by atoms with Crippen molar-refractivity contribution in [3.05, 3.63) is 27.6 Å². The van der Waals surface area contributed by atoms with Crippen molar-refractivity contribution in [1.29, 1.82) is 0 Å². The molecule has 0 saturated heterocycles. The Bertz CT molecular complexity index is 541. The third-order valence-corrected chi connectivity index (χ3v) is 3.51. The number of fused-ring (bicyclic) bond motifs is 3. The number of aromatic nitrogens is 2. The summed E-state index contributed by atoms with van der Waals surface area (Å²) in [7, 11) is 0. The van der Waals surface area contributed by atoms with E-state index in [0.29, 0.717) is 0 Å². The van der Waals surface area contributed by atoms with Crippen molar-refractivity contribution >= 4 is 17.3 Å². The second kappa shape index (κ2) is 2.93. The van der Waals surface area contributed by atoms with Crippen LogP contribution in [0.2, 0.25) is 0 Å². The van der Waals surface area contributed by atoms with E-state index in [1.165, 1.54) is 5.56 Å². The van der Waals surface area contributed by atoms with Crippen molar-refractivity contribution in [2.24, 2.45) is 0 Å². The number of rotatable bonds is 1. The Morgan fingerprint density at radius 3 is 3.13 bits per heavy atom. The van der Waals surface area contributed by atoms with Gasteiger partial charge in [-0.2, -0.15) is 16.4 Å². The highest BCUT2D eigenvalue weighted by atomic mass is 32.1. The quantitative estimate of drug-likeness (QED) is 0.771. The highest BCUT2D eigenvalue weighted by molar-refractivity contribution is 7.08. The van der Waals surface area contributed by atoms with Crippen LogP contribution in [0.4, 0.5) is 0 Å². The minimum atomic E-state index is -0.928. The molecular formula is C10H8N2O2S. The number of carboxylic acid groups (broad SMARTS) is 1. The lowest BCUT2D eigenvalue weighted by Crippen LogP contribution is -2.06. The van der Waals surface area contributed by atoms with Crippen LogP contribution in [0.3, 0.4) is 0 Å². The van der Waals surface area contributed by atoms with E-state index in [1.54, 1.807) is 11.3 Å². The number of nitrogens with zero attached hydrogens (tertiary/aromatic N) is 1. The van der Waals surface area contributed by atoms with E-state index in [-0.39, 0.29) is 5.69 Å². The summed E-state index contributed by atoms with van der Waals surface area (Å²) in [5.41, 5.74) is 4.26. The molecule has 0 bridgehead atoms. The summed E-state index contributed by atoms with van der Waals surface area (Å²) in [6, 6.07) is 0. The molecule has 2 aromatic rings. The summed E-state index contributed by atoms with van der Waals surface area (Å²) in [6.45, 7) is 0. The summed E-state index contributed by atoms with van der Waals surface area (Å²) in [5, 5.41) is 19.8. The number of thiophene rings is 1. The number of nitrogens with one attached hydrogen (secondary N) is 1. The average Bonchev–Trinajstić information content (AvgIpc) is 2.82. The van der Waals surface area contributed by atoms with E-state index < -0.39 is 5.97 Å². The van der Waals surface area contributed by atoms with Crippen LogP contribution in [0.1, 0.15) is 21.6 Å². The summed E-state index contributed by atoms with van der Waals surface area (Å²) in [4.78, 5) is 10.9. The van der Waals surface area contributed by atoms with Gasteiger partial charge < -0.3 is 5.11 Å². The highest BCUT2D eigenvalue weighted by Gasteiger charge is 2.25. The first-order valence-electron chi connectivity index (χ1n) is 4.63. The van der Waals surface area contributed by atoms with Gasteiger partial charge in [-0.3, -0.25) is 5.10 Å². The largest absolute Gasteiger partial charge is 0.477 e. The molecule has 1 aliphatic rings. The normalized spacial score (nSPS) is 13.3. The van der Waals surface area contributed by atoms with Crippen LogP contribution >= 0.6 is 11.3 Å². The molecule has 2 heterocycles. The van der Waals surface area contributed by atoms with Gasteiger partial charge in [0, 0.05) is 16.5 Å². The fourth-order valence-corrected chi connectivity index (χ4v) is 2.87. The van der Waals surface area contributed by atoms with Crippen LogP contribution in [0.5, 0.6) is 0 Å². The lowest BCUT2D eigenvalue weighted by molar-refractivity contribution is 0.0689. The molecule has 0 aromatic carbocycles. The molecule has 0 fully saturated rings. The number of carboxylic acids is 1. The Labute approximate surface area is 89.6 Å². The number of carbonyl (C=O) groups is 1. The maximum atomic E-state index is 10.9. The molecule has 0 atom stereocenters. The molecule has 2 N–H and O–H groups in total. The predicted octanol–water partition coefficient (Wildman–Crippen LogP) is 1.93. The summed E-state index contributed by atoms with van der Waals surface area (Å²) >= 11 is 1.64. The van der Waals surface area contributed by atoms with Gasteiger partial charge in [-0.05, 0) is 23.8 Å². The SMILES string of the molecule is O=C(O)c1[nH]nc2c1CCc1cscc1-2. The van der Waals surface area contributed by atoms with E-state index in [9.17, 15) is 4.79 Å². The van der Waals surface area contributed by atoms with Gasteiger partial charge in [-0.25, -0.2) is 4.79 Å². The molecular weight excluding hydrogens is 212 g/mol. The van der Waals surface area contributed by atoms with Crippen LogP contribution in [-0.2, 0) is 12.8 Å². The second-order valence-electron chi connectivity index (χ2n) is 3.54. The molecule has 1 aliphatic carbocycles. The van der Waals surface area contributed by atoms with Crippen LogP contribution in [0.15, 0.2) is 10.8 Å². The zero-order valence-electron chi connectivity index (χ0n) is 7.78. The smallest absolute Gasteiger partial charge is 0.354 e. The van der Waals surface area contributed by atoms with Gasteiger partial charge in [0.05, 0.1) is 5.69 Å². The van der Waals surface area contributed by atoms with Crippen molar-refractivity contribution < 1.29 is 9.90 Å². The van der Waals surface area contributed by atoms with Gasteiger partial charge in [0.2, 0.25) is 0 Å². The third kappa shape index (κ3) is 1.13. The van der Waals surface area contributed by atoms with E-state index in [4.69, 9.17) is 5.11 Å². The first-order chi connectivity index (χ1) is 7.27. The lowest BCUT2D eigenvalue weighted by atomic mass is 9.92. The van der Waals surface area contributed by atoms with Crippen molar-refractivity contribution in [3.8, 4) is 11.3 Å². The topological polar surface area (TPSA) is 66.0 Å². The average molecular weight is 220 g/mol. The minimum absolute atomic E-state index is 0.238. The van der Waals surface area contributed by atoms with E-state index in [2.05, 4.69) is 15.6 Å². The third-order valence-electron chi connectivity index (χ3n) is 2.72.